The third kappa shape index (κ3) is 3.82. The first kappa shape index (κ1) is 16.5. The maximum Gasteiger partial charge on any atom is 0.164 e. The highest BCUT2D eigenvalue weighted by Crippen LogP contribution is 2.23. The molecular weight excluding hydrogens is 314 g/mol. The fourth-order valence-electron chi connectivity index (χ4n) is 3.60. The number of Topliss-reactive ketones (excluding diaryl/α,β-unsaturated/α-hetero) is 1. The molecule has 2 aliphatic heterocycles. The number of hydrogen-bond donors (Lipinski definition) is 0. The fourth-order valence-corrected chi connectivity index (χ4v) is 3.60. The maximum absolute atomic E-state index is 12.6. The van der Waals surface area contributed by atoms with Crippen LogP contribution in [0.3, 0.4) is 0 Å². The Balaban J connectivity index is 1.45. The van der Waals surface area contributed by atoms with Crippen LogP contribution in [0.25, 0.3) is 0 Å². The predicted molar refractivity (Wildman–Crippen MR) is 95.3 cm³/mol. The van der Waals surface area contributed by atoms with E-state index < -0.39 is 0 Å². The van der Waals surface area contributed by atoms with E-state index in [0.29, 0.717) is 19.6 Å². The second kappa shape index (κ2) is 7.48. The van der Waals surface area contributed by atoms with E-state index in [9.17, 15) is 4.79 Å². The summed E-state index contributed by atoms with van der Waals surface area (Å²) in [6.07, 6.45) is 0.498. The molecule has 0 aromatic heterocycles. The summed E-state index contributed by atoms with van der Waals surface area (Å²) in [7, 11) is 0. The molecular formula is C21H23NO3. The Hall–Kier alpha value is -2.01. The number of rotatable bonds is 5. The normalized spacial score (nSPS) is 20.4. The van der Waals surface area contributed by atoms with E-state index in [4.69, 9.17) is 9.47 Å². The molecule has 4 heteroatoms. The molecule has 2 aliphatic rings. The summed E-state index contributed by atoms with van der Waals surface area (Å²) in [4.78, 5) is 14.9. The van der Waals surface area contributed by atoms with Crippen molar-refractivity contribution in [1.29, 1.82) is 0 Å². The number of hydrogen-bond acceptors (Lipinski definition) is 4. The maximum atomic E-state index is 12.6. The molecule has 0 amide bonds. The van der Waals surface area contributed by atoms with Gasteiger partial charge in [0.05, 0.1) is 26.4 Å². The zero-order valence-electron chi connectivity index (χ0n) is 14.3. The minimum atomic E-state index is 0.131. The molecule has 0 bridgehead atoms. The van der Waals surface area contributed by atoms with Crippen LogP contribution in [0.1, 0.15) is 33.5 Å². The Kier molecular flexibility index (Phi) is 4.92. The van der Waals surface area contributed by atoms with E-state index >= 15 is 0 Å². The smallest absolute Gasteiger partial charge is 0.164 e. The topological polar surface area (TPSA) is 38.8 Å². The molecule has 1 atom stereocenters. The number of benzene rings is 2. The van der Waals surface area contributed by atoms with Gasteiger partial charge in [0.25, 0.3) is 0 Å². The molecule has 0 radical (unpaired) electrons. The van der Waals surface area contributed by atoms with Gasteiger partial charge in [0.2, 0.25) is 0 Å². The lowest BCUT2D eigenvalue weighted by Gasteiger charge is -2.35. The summed E-state index contributed by atoms with van der Waals surface area (Å²) >= 11 is 0. The van der Waals surface area contributed by atoms with Crippen molar-refractivity contribution in [3.05, 3.63) is 70.8 Å². The average Bonchev–Trinajstić information content (AvgIpc) is 3.12. The molecule has 1 fully saturated rings. The van der Waals surface area contributed by atoms with E-state index in [1.807, 2.05) is 30.3 Å². The number of ether oxygens (including phenoxy) is 2. The second-order valence-corrected chi connectivity index (χ2v) is 6.79. The first-order valence-electron chi connectivity index (χ1n) is 8.88. The summed E-state index contributed by atoms with van der Waals surface area (Å²) < 4.78 is 11.2. The van der Waals surface area contributed by atoms with Gasteiger partial charge in [0.1, 0.15) is 0 Å². The Morgan fingerprint density at radius 3 is 2.76 bits per heavy atom. The molecule has 2 heterocycles. The third-order valence-corrected chi connectivity index (χ3v) is 5.04. The highest BCUT2D eigenvalue weighted by molar-refractivity contribution is 5.96. The van der Waals surface area contributed by atoms with Crippen molar-refractivity contribution in [2.24, 2.45) is 0 Å². The minimum absolute atomic E-state index is 0.131. The van der Waals surface area contributed by atoms with Crippen LogP contribution in [0.2, 0.25) is 0 Å². The van der Waals surface area contributed by atoms with Gasteiger partial charge in [-0.05, 0) is 16.7 Å². The van der Waals surface area contributed by atoms with Gasteiger partial charge in [-0.25, -0.2) is 0 Å². The van der Waals surface area contributed by atoms with Gasteiger partial charge in [-0.1, -0.05) is 48.5 Å². The number of carbonyl (C=O) groups is 1. The number of ketones is 1. The molecule has 0 spiro atoms. The van der Waals surface area contributed by atoms with Crippen molar-refractivity contribution >= 4 is 5.78 Å². The Bertz CT molecular complexity index is 744. The zero-order chi connectivity index (χ0) is 17.1. The van der Waals surface area contributed by atoms with Crippen LogP contribution in [0.5, 0.6) is 0 Å². The van der Waals surface area contributed by atoms with Crippen LogP contribution in [0.15, 0.2) is 48.5 Å². The summed E-state index contributed by atoms with van der Waals surface area (Å²) in [6, 6.07) is 16.3. The standard InChI is InChI=1S/C21H23NO3/c23-21(17-4-2-1-3-5-17)11-20-15-24-9-8-22(20)12-16-6-7-18-13-25-14-19(18)10-16/h1-7,10,20H,8-9,11-15H2/t20-/m0/s1. The summed E-state index contributed by atoms with van der Waals surface area (Å²) in [6.45, 7) is 4.49. The fraction of sp³-hybridized carbons (Fsp3) is 0.381. The van der Waals surface area contributed by atoms with Crippen LogP contribution in [0.4, 0.5) is 0 Å². The lowest BCUT2D eigenvalue weighted by molar-refractivity contribution is -0.0126. The number of morpholine rings is 1. The van der Waals surface area contributed by atoms with Gasteiger partial charge in [-0.2, -0.15) is 0 Å². The van der Waals surface area contributed by atoms with Crippen molar-refractivity contribution in [2.75, 3.05) is 19.8 Å². The summed E-state index contributed by atoms with van der Waals surface area (Å²) in [5.41, 5.74) is 4.65. The monoisotopic (exact) mass is 337 g/mol. The lowest BCUT2D eigenvalue weighted by atomic mass is 10.0. The highest BCUT2D eigenvalue weighted by atomic mass is 16.5. The van der Waals surface area contributed by atoms with Gasteiger partial charge in [0, 0.05) is 31.1 Å². The van der Waals surface area contributed by atoms with Crippen molar-refractivity contribution < 1.29 is 14.3 Å². The molecule has 25 heavy (non-hydrogen) atoms. The van der Waals surface area contributed by atoms with Gasteiger partial charge in [-0.15, -0.1) is 0 Å². The van der Waals surface area contributed by atoms with Crippen LogP contribution < -0.4 is 0 Å². The molecule has 2 aromatic carbocycles. The van der Waals surface area contributed by atoms with E-state index in [1.54, 1.807) is 0 Å². The number of nitrogens with zero attached hydrogens (tertiary/aromatic N) is 1. The quantitative estimate of drug-likeness (QED) is 0.786. The lowest BCUT2D eigenvalue weighted by Crippen LogP contribution is -2.45. The van der Waals surface area contributed by atoms with Gasteiger partial charge < -0.3 is 9.47 Å². The highest BCUT2D eigenvalue weighted by Gasteiger charge is 2.26. The van der Waals surface area contributed by atoms with E-state index in [1.165, 1.54) is 16.7 Å². The minimum Gasteiger partial charge on any atom is -0.378 e. The van der Waals surface area contributed by atoms with Crippen LogP contribution in [0, 0.1) is 0 Å². The molecule has 0 N–H and O–H groups in total. The first-order chi connectivity index (χ1) is 12.3. The first-order valence-corrected chi connectivity index (χ1v) is 8.88. The number of carbonyl (C=O) groups excluding carboxylic acids is 1. The van der Waals surface area contributed by atoms with Gasteiger partial charge >= 0.3 is 0 Å². The average molecular weight is 337 g/mol. The van der Waals surface area contributed by atoms with Crippen molar-refractivity contribution in [3.63, 3.8) is 0 Å². The zero-order valence-corrected chi connectivity index (χ0v) is 14.3. The van der Waals surface area contributed by atoms with Crippen LogP contribution in [-0.2, 0) is 29.2 Å². The molecule has 0 unspecified atom stereocenters. The molecule has 4 nitrogen and oxygen atoms in total. The molecule has 2 aromatic rings. The largest absolute Gasteiger partial charge is 0.378 e. The van der Waals surface area contributed by atoms with Crippen molar-refractivity contribution in [2.45, 2.75) is 32.2 Å². The molecule has 0 saturated carbocycles. The Morgan fingerprint density at radius 1 is 1.04 bits per heavy atom. The molecule has 1 saturated heterocycles. The van der Waals surface area contributed by atoms with Gasteiger partial charge in [0.15, 0.2) is 5.78 Å². The third-order valence-electron chi connectivity index (χ3n) is 5.04. The summed E-state index contributed by atoms with van der Waals surface area (Å²) in [5.74, 6) is 0.184. The number of fused-ring (bicyclic) bond motifs is 1. The predicted octanol–water partition coefficient (Wildman–Crippen LogP) is 3.19. The van der Waals surface area contributed by atoms with Crippen LogP contribution in [-0.4, -0.2) is 36.5 Å². The Labute approximate surface area is 148 Å². The van der Waals surface area contributed by atoms with Crippen molar-refractivity contribution in [1.82, 2.24) is 4.90 Å². The van der Waals surface area contributed by atoms with Crippen LogP contribution >= 0.6 is 0 Å². The Morgan fingerprint density at radius 2 is 1.88 bits per heavy atom. The molecule has 130 valence electrons. The SMILES string of the molecule is O=C(C[C@H]1COCCN1Cc1ccc2c(c1)COC2)c1ccccc1. The summed E-state index contributed by atoms with van der Waals surface area (Å²) in [5, 5.41) is 0. The molecule has 4 rings (SSSR count). The van der Waals surface area contributed by atoms with E-state index in [-0.39, 0.29) is 11.8 Å². The van der Waals surface area contributed by atoms with E-state index in [0.717, 1.165) is 31.9 Å². The van der Waals surface area contributed by atoms with E-state index in [2.05, 4.69) is 23.1 Å². The van der Waals surface area contributed by atoms with Gasteiger partial charge in [-0.3, -0.25) is 9.69 Å². The molecule has 0 aliphatic carbocycles. The second-order valence-electron chi connectivity index (χ2n) is 6.79. The van der Waals surface area contributed by atoms with Crippen molar-refractivity contribution in [3.8, 4) is 0 Å².